The van der Waals surface area contributed by atoms with Gasteiger partial charge in [0, 0.05) is 53.3 Å². The van der Waals surface area contributed by atoms with Gasteiger partial charge in [-0.05, 0) is 29.7 Å². The molecule has 0 aliphatic carbocycles. The summed E-state index contributed by atoms with van der Waals surface area (Å²) in [5, 5.41) is 2.74. The van der Waals surface area contributed by atoms with E-state index < -0.39 is 0 Å². The fraction of sp³-hybridized carbons (Fsp3) is 0.200. The number of nitrogens with zero attached hydrogens (tertiary/aromatic N) is 1. The first-order valence-corrected chi connectivity index (χ1v) is 8.24. The molecule has 0 saturated heterocycles. The number of benzene rings is 2. The van der Waals surface area contributed by atoms with Crippen LogP contribution in [0.15, 0.2) is 54.7 Å². The van der Waals surface area contributed by atoms with Crippen LogP contribution >= 0.6 is 0 Å². The molecule has 0 atom stereocenters. The molecule has 5 rings (SSSR count). The number of hydrogen-bond acceptors (Lipinski definition) is 1. The summed E-state index contributed by atoms with van der Waals surface area (Å²) >= 11 is 0. The number of aromatic nitrogens is 2. The summed E-state index contributed by atoms with van der Waals surface area (Å²) in [5.74, 6) is 0. The van der Waals surface area contributed by atoms with Crippen LogP contribution in [0.3, 0.4) is 0 Å². The minimum Gasteiger partial charge on any atom is -0.361 e. The van der Waals surface area contributed by atoms with Crippen LogP contribution in [-0.4, -0.2) is 21.4 Å². The second-order valence-electron chi connectivity index (χ2n) is 6.45. The molecule has 2 aromatic heterocycles. The fourth-order valence-corrected chi connectivity index (χ4v) is 3.89. The molecule has 4 aromatic rings. The summed E-state index contributed by atoms with van der Waals surface area (Å²) in [5.41, 5.74) is 6.78. The summed E-state index contributed by atoms with van der Waals surface area (Å²) in [4.78, 5) is 9.53. The molecule has 3 heteroatoms. The predicted octanol–water partition coefficient (Wildman–Crippen LogP) is 4.21. The van der Waals surface area contributed by atoms with E-state index in [-0.39, 0.29) is 0 Å². The molecule has 2 aromatic carbocycles. The Balaban J connectivity index is 1.45. The molecular formula is C20H19N3. The molecule has 3 nitrogen and oxygen atoms in total. The molecule has 0 radical (unpaired) electrons. The first kappa shape index (κ1) is 13.0. The minimum absolute atomic E-state index is 0.999. The second-order valence-corrected chi connectivity index (χ2v) is 6.45. The lowest BCUT2D eigenvalue weighted by Crippen LogP contribution is -2.29. The lowest BCUT2D eigenvalue weighted by atomic mass is 10.0. The van der Waals surface area contributed by atoms with E-state index in [1.165, 1.54) is 38.6 Å². The van der Waals surface area contributed by atoms with Crippen molar-refractivity contribution in [3.8, 4) is 0 Å². The Morgan fingerprint density at radius 3 is 2.61 bits per heavy atom. The smallest absolute Gasteiger partial charge is 0.0459 e. The Morgan fingerprint density at radius 2 is 1.70 bits per heavy atom. The zero-order chi connectivity index (χ0) is 15.2. The van der Waals surface area contributed by atoms with Crippen LogP contribution in [0.5, 0.6) is 0 Å². The molecule has 1 aliphatic heterocycles. The summed E-state index contributed by atoms with van der Waals surface area (Å²) in [7, 11) is 0. The minimum atomic E-state index is 0.999. The highest BCUT2D eigenvalue weighted by atomic mass is 15.1. The van der Waals surface area contributed by atoms with Crippen LogP contribution < -0.4 is 0 Å². The van der Waals surface area contributed by atoms with Gasteiger partial charge in [-0.3, -0.25) is 4.90 Å². The molecule has 0 bridgehead atoms. The van der Waals surface area contributed by atoms with E-state index in [1.807, 2.05) is 0 Å². The third-order valence-corrected chi connectivity index (χ3v) is 5.03. The summed E-state index contributed by atoms with van der Waals surface area (Å²) in [6.45, 7) is 3.12. The zero-order valence-corrected chi connectivity index (χ0v) is 13.0. The van der Waals surface area contributed by atoms with Gasteiger partial charge in [0.05, 0.1) is 0 Å². The summed E-state index contributed by atoms with van der Waals surface area (Å²) in [6.07, 6.45) is 3.28. The Hall–Kier alpha value is -2.52. The number of fused-ring (bicyclic) bond motifs is 4. The lowest BCUT2D eigenvalue weighted by molar-refractivity contribution is 0.244. The Bertz CT molecular complexity index is 992. The molecule has 0 saturated carbocycles. The molecule has 114 valence electrons. The van der Waals surface area contributed by atoms with Crippen LogP contribution in [0.25, 0.3) is 21.8 Å². The topological polar surface area (TPSA) is 34.8 Å². The molecule has 2 N–H and O–H groups in total. The van der Waals surface area contributed by atoms with E-state index in [1.54, 1.807) is 0 Å². The Kier molecular flexibility index (Phi) is 2.82. The molecule has 0 amide bonds. The number of H-pyrrole nitrogens is 2. The monoisotopic (exact) mass is 301 g/mol. The van der Waals surface area contributed by atoms with Gasteiger partial charge in [0.25, 0.3) is 0 Å². The van der Waals surface area contributed by atoms with Crippen molar-refractivity contribution in [1.82, 2.24) is 14.9 Å². The standard InChI is InChI=1S/C20H19N3/c1-3-7-18-15(5-1)14(11-21-18)12-23-10-9-17-16-6-2-4-8-19(16)22-20(17)13-23/h1-8,11,21-22H,9-10,12-13H2. The van der Waals surface area contributed by atoms with Gasteiger partial charge >= 0.3 is 0 Å². The van der Waals surface area contributed by atoms with Crippen molar-refractivity contribution in [1.29, 1.82) is 0 Å². The van der Waals surface area contributed by atoms with Crippen molar-refractivity contribution in [2.24, 2.45) is 0 Å². The third kappa shape index (κ3) is 2.08. The SMILES string of the molecule is c1ccc2c(CN3CCc4c([nH]c5ccccc45)C3)c[nH]c2c1. The van der Waals surface area contributed by atoms with Gasteiger partial charge in [-0.2, -0.15) is 0 Å². The van der Waals surface area contributed by atoms with E-state index in [2.05, 4.69) is 69.6 Å². The molecule has 3 heterocycles. The third-order valence-electron chi connectivity index (χ3n) is 5.03. The van der Waals surface area contributed by atoms with Crippen molar-refractivity contribution in [3.63, 3.8) is 0 Å². The first-order valence-electron chi connectivity index (χ1n) is 8.24. The van der Waals surface area contributed by atoms with Crippen molar-refractivity contribution < 1.29 is 0 Å². The highest BCUT2D eigenvalue weighted by Crippen LogP contribution is 2.29. The van der Waals surface area contributed by atoms with Gasteiger partial charge in [0.2, 0.25) is 0 Å². The van der Waals surface area contributed by atoms with Gasteiger partial charge in [-0.1, -0.05) is 36.4 Å². The highest BCUT2D eigenvalue weighted by molar-refractivity contribution is 5.85. The Morgan fingerprint density at radius 1 is 0.913 bits per heavy atom. The van der Waals surface area contributed by atoms with E-state index >= 15 is 0 Å². The lowest BCUT2D eigenvalue weighted by Gasteiger charge is -2.26. The van der Waals surface area contributed by atoms with Crippen molar-refractivity contribution >= 4 is 21.8 Å². The van der Waals surface area contributed by atoms with E-state index in [0.717, 1.165) is 26.1 Å². The molecule has 0 unspecified atom stereocenters. The number of rotatable bonds is 2. The van der Waals surface area contributed by atoms with E-state index in [0.29, 0.717) is 0 Å². The van der Waals surface area contributed by atoms with Gasteiger partial charge in [-0.25, -0.2) is 0 Å². The van der Waals surface area contributed by atoms with Crippen LogP contribution in [-0.2, 0) is 19.5 Å². The first-order chi connectivity index (χ1) is 11.4. The Labute approximate surface area is 134 Å². The van der Waals surface area contributed by atoms with Crippen molar-refractivity contribution in [3.05, 3.63) is 71.5 Å². The maximum absolute atomic E-state index is 3.61. The summed E-state index contributed by atoms with van der Waals surface area (Å²) < 4.78 is 0. The molecule has 1 aliphatic rings. The number of aromatic amines is 2. The van der Waals surface area contributed by atoms with Crippen molar-refractivity contribution in [2.75, 3.05) is 6.54 Å². The van der Waals surface area contributed by atoms with Crippen LogP contribution in [0.1, 0.15) is 16.8 Å². The quantitative estimate of drug-likeness (QED) is 0.571. The number of para-hydroxylation sites is 2. The number of nitrogens with one attached hydrogen (secondary N) is 2. The van der Waals surface area contributed by atoms with Crippen LogP contribution in [0, 0.1) is 0 Å². The molecule has 0 fully saturated rings. The highest BCUT2D eigenvalue weighted by Gasteiger charge is 2.21. The van der Waals surface area contributed by atoms with E-state index in [9.17, 15) is 0 Å². The summed E-state index contributed by atoms with van der Waals surface area (Å²) in [6, 6.07) is 17.2. The maximum atomic E-state index is 3.61. The van der Waals surface area contributed by atoms with Crippen LogP contribution in [0.2, 0.25) is 0 Å². The maximum Gasteiger partial charge on any atom is 0.0459 e. The fourth-order valence-electron chi connectivity index (χ4n) is 3.89. The van der Waals surface area contributed by atoms with Crippen LogP contribution in [0.4, 0.5) is 0 Å². The van der Waals surface area contributed by atoms with Gasteiger partial charge in [0.15, 0.2) is 0 Å². The second kappa shape index (κ2) is 5.00. The van der Waals surface area contributed by atoms with Gasteiger partial charge < -0.3 is 9.97 Å². The normalized spacial score (nSPS) is 15.3. The zero-order valence-electron chi connectivity index (χ0n) is 13.0. The average Bonchev–Trinajstić information content (AvgIpc) is 3.16. The molecule has 0 spiro atoms. The molecule has 23 heavy (non-hydrogen) atoms. The predicted molar refractivity (Wildman–Crippen MR) is 94.4 cm³/mol. The largest absolute Gasteiger partial charge is 0.361 e. The number of hydrogen-bond donors (Lipinski definition) is 2. The van der Waals surface area contributed by atoms with Crippen molar-refractivity contribution in [2.45, 2.75) is 19.5 Å². The average molecular weight is 301 g/mol. The molecular weight excluding hydrogens is 282 g/mol. The van der Waals surface area contributed by atoms with E-state index in [4.69, 9.17) is 0 Å². The van der Waals surface area contributed by atoms with Gasteiger partial charge in [-0.15, -0.1) is 0 Å². The van der Waals surface area contributed by atoms with Gasteiger partial charge in [0.1, 0.15) is 0 Å².